The summed E-state index contributed by atoms with van der Waals surface area (Å²) in [6, 6.07) is 13.7. The lowest BCUT2D eigenvalue weighted by Gasteiger charge is -2.25. The standard InChI is InChI=1S/C27H30FN3O.ClH/c1-29-13-12-27-23(17-29)22-14-18(28)10-11-26(22)31(27)16-19(32)15-30-24-8-4-2-6-20(24)21-7-3-5-9-25(21)30;/h2,4,6,8,10-11,14,19,32H,3,5,7,9,12-13,15-17H2,1H3;1H. The van der Waals surface area contributed by atoms with E-state index in [9.17, 15) is 9.50 Å². The van der Waals surface area contributed by atoms with E-state index < -0.39 is 6.10 Å². The molecular weight excluding hydrogens is 437 g/mol. The third-order valence-electron chi connectivity index (χ3n) is 7.48. The van der Waals surface area contributed by atoms with Gasteiger partial charge in [0.15, 0.2) is 0 Å². The van der Waals surface area contributed by atoms with Crippen LogP contribution in [-0.4, -0.2) is 38.8 Å². The molecule has 2 aliphatic rings. The van der Waals surface area contributed by atoms with Crippen molar-refractivity contribution >= 4 is 34.2 Å². The van der Waals surface area contributed by atoms with Gasteiger partial charge in [-0.1, -0.05) is 18.2 Å². The molecule has 1 aliphatic carbocycles. The van der Waals surface area contributed by atoms with Gasteiger partial charge in [0.1, 0.15) is 5.82 Å². The Bertz CT molecular complexity index is 1320. The number of aliphatic hydroxyl groups excluding tert-OH is 1. The predicted molar refractivity (Wildman–Crippen MR) is 134 cm³/mol. The summed E-state index contributed by atoms with van der Waals surface area (Å²) in [5.41, 5.74) is 7.61. The number of aliphatic hydroxyl groups is 1. The molecule has 0 saturated heterocycles. The average molecular weight is 468 g/mol. The van der Waals surface area contributed by atoms with Crippen molar-refractivity contribution < 1.29 is 9.50 Å². The summed E-state index contributed by atoms with van der Waals surface area (Å²) in [5, 5.41) is 13.6. The Morgan fingerprint density at radius 1 is 0.879 bits per heavy atom. The quantitative estimate of drug-likeness (QED) is 0.454. The van der Waals surface area contributed by atoms with E-state index in [1.807, 2.05) is 6.07 Å². The number of hydrogen-bond donors (Lipinski definition) is 1. The summed E-state index contributed by atoms with van der Waals surface area (Å²) in [6.07, 6.45) is 5.10. The molecule has 1 aliphatic heterocycles. The molecule has 4 nitrogen and oxygen atoms in total. The van der Waals surface area contributed by atoms with E-state index in [1.54, 1.807) is 6.07 Å². The van der Waals surface area contributed by atoms with E-state index in [1.165, 1.54) is 52.3 Å². The lowest BCUT2D eigenvalue weighted by Crippen LogP contribution is -2.29. The largest absolute Gasteiger partial charge is 0.389 e. The number of para-hydroxylation sites is 1. The molecule has 2 aromatic carbocycles. The first-order valence-electron chi connectivity index (χ1n) is 11.8. The maximum absolute atomic E-state index is 14.1. The van der Waals surface area contributed by atoms with Crippen molar-refractivity contribution in [2.24, 2.45) is 0 Å². The second-order valence-electron chi connectivity index (χ2n) is 9.60. The summed E-state index contributed by atoms with van der Waals surface area (Å²) >= 11 is 0. The van der Waals surface area contributed by atoms with E-state index in [4.69, 9.17) is 0 Å². The third-order valence-corrected chi connectivity index (χ3v) is 7.48. The van der Waals surface area contributed by atoms with Gasteiger partial charge in [0.25, 0.3) is 0 Å². The molecule has 0 saturated carbocycles. The molecule has 4 aromatic rings. The predicted octanol–water partition coefficient (Wildman–Crippen LogP) is 5.08. The minimum Gasteiger partial charge on any atom is -0.389 e. The number of fused-ring (bicyclic) bond motifs is 6. The second-order valence-corrected chi connectivity index (χ2v) is 9.60. The van der Waals surface area contributed by atoms with Crippen LogP contribution in [0.25, 0.3) is 21.8 Å². The maximum Gasteiger partial charge on any atom is 0.123 e. The number of likely N-dealkylation sites (N-methyl/N-ethyl adjacent to an activating group) is 1. The van der Waals surface area contributed by atoms with Gasteiger partial charge in [-0.05, 0) is 68.1 Å². The zero-order chi connectivity index (χ0) is 21.8. The highest BCUT2D eigenvalue weighted by Gasteiger charge is 2.25. The Morgan fingerprint density at radius 3 is 2.39 bits per heavy atom. The van der Waals surface area contributed by atoms with Gasteiger partial charge < -0.3 is 19.1 Å². The average Bonchev–Trinajstić information content (AvgIpc) is 3.27. The monoisotopic (exact) mass is 467 g/mol. The van der Waals surface area contributed by atoms with Gasteiger partial charge in [-0.3, -0.25) is 0 Å². The molecule has 6 heteroatoms. The number of hydrogen-bond acceptors (Lipinski definition) is 2. The maximum atomic E-state index is 14.1. The van der Waals surface area contributed by atoms with Crippen molar-refractivity contribution in [3.05, 3.63) is 70.8 Å². The topological polar surface area (TPSA) is 33.3 Å². The van der Waals surface area contributed by atoms with Crippen LogP contribution in [0.15, 0.2) is 42.5 Å². The number of benzene rings is 2. The Hall–Kier alpha value is -2.34. The molecule has 1 atom stereocenters. The van der Waals surface area contributed by atoms with Crippen LogP contribution in [0.1, 0.15) is 35.4 Å². The molecule has 33 heavy (non-hydrogen) atoms. The molecular formula is C27H31ClFN3O. The van der Waals surface area contributed by atoms with Crippen molar-refractivity contribution in [2.75, 3.05) is 13.6 Å². The molecule has 0 bridgehead atoms. The Labute approximate surface area is 200 Å². The molecule has 0 amide bonds. The first kappa shape index (κ1) is 22.5. The fourth-order valence-electron chi connectivity index (χ4n) is 6.04. The summed E-state index contributed by atoms with van der Waals surface area (Å²) in [5.74, 6) is -0.198. The summed E-state index contributed by atoms with van der Waals surface area (Å²) in [4.78, 5) is 2.28. The summed E-state index contributed by atoms with van der Waals surface area (Å²) < 4.78 is 18.7. The van der Waals surface area contributed by atoms with Crippen LogP contribution in [0.5, 0.6) is 0 Å². The van der Waals surface area contributed by atoms with Crippen molar-refractivity contribution in [3.8, 4) is 0 Å². The lowest BCUT2D eigenvalue weighted by molar-refractivity contribution is 0.134. The highest BCUT2D eigenvalue weighted by molar-refractivity contribution is 5.87. The van der Waals surface area contributed by atoms with Crippen molar-refractivity contribution in [1.82, 2.24) is 14.0 Å². The Kier molecular flexibility index (Phi) is 5.98. The number of aryl methyl sites for hydroxylation is 1. The van der Waals surface area contributed by atoms with Crippen LogP contribution >= 0.6 is 12.4 Å². The van der Waals surface area contributed by atoms with Gasteiger partial charge in [-0.25, -0.2) is 4.39 Å². The van der Waals surface area contributed by atoms with E-state index in [0.717, 1.165) is 43.3 Å². The molecule has 0 radical (unpaired) electrons. The van der Waals surface area contributed by atoms with Gasteiger partial charge in [-0.15, -0.1) is 12.4 Å². The Morgan fingerprint density at radius 2 is 1.58 bits per heavy atom. The van der Waals surface area contributed by atoms with E-state index >= 15 is 0 Å². The van der Waals surface area contributed by atoms with Crippen LogP contribution < -0.4 is 0 Å². The SMILES string of the molecule is CN1CCc2c(c3cc(F)ccc3n2CC(O)Cn2c3c(c4ccccc42)CCCC3)C1.Cl. The molecule has 0 spiro atoms. The molecule has 1 unspecified atom stereocenters. The molecule has 1 N–H and O–H groups in total. The first-order valence-corrected chi connectivity index (χ1v) is 11.8. The molecule has 3 heterocycles. The van der Waals surface area contributed by atoms with E-state index in [2.05, 4.69) is 45.3 Å². The van der Waals surface area contributed by atoms with Crippen molar-refractivity contribution in [3.63, 3.8) is 0 Å². The normalized spacial score (nSPS) is 17.1. The molecule has 2 aromatic heterocycles. The van der Waals surface area contributed by atoms with Crippen LogP contribution in [0.2, 0.25) is 0 Å². The summed E-state index contributed by atoms with van der Waals surface area (Å²) in [7, 11) is 2.11. The lowest BCUT2D eigenvalue weighted by atomic mass is 9.95. The van der Waals surface area contributed by atoms with Crippen LogP contribution in [0, 0.1) is 5.82 Å². The van der Waals surface area contributed by atoms with Crippen LogP contribution in [0.3, 0.4) is 0 Å². The van der Waals surface area contributed by atoms with Crippen LogP contribution in [-0.2, 0) is 38.9 Å². The highest BCUT2D eigenvalue weighted by atomic mass is 35.5. The fourth-order valence-corrected chi connectivity index (χ4v) is 6.04. The third kappa shape index (κ3) is 3.76. The zero-order valence-electron chi connectivity index (χ0n) is 19.1. The molecule has 6 rings (SSSR count). The highest BCUT2D eigenvalue weighted by Crippen LogP contribution is 2.34. The number of rotatable bonds is 4. The van der Waals surface area contributed by atoms with Gasteiger partial charge in [0.05, 0.1) is 19.2 Å². The van der Waals surface area contributed by atoms with Gasteiger partial charge >= 0.3 is 0 Å². The van der Waals surface area contributed by atoms with Gasteiger partial charge in [-0.2, -0.15) is 0 Å². The number of aromatic nitrogens is 2. The zero-order valence-corrected chi connectivity index (χ0v) is 19.9. The first-order chi connectivity index (χ1) is 15.6. The van der Waals surface area contributed by atoms with Crippen molar-refractivity contribution in [2.45, 2.75) is 57.8 Å². The fraction of sp³-hybridized carbons (Fsp3) is 0.407. The molecule has 0 fully saturated rings. The Balaban J connectivity index is 0.00000228. The van der Waals surface area contributed by atoms with Gasteiger partial charge in [0.2, 0.25) is 0 Å². The molecule has 174 valence electrons. The number of halogens is 2. The van der Waals surface area contributed by atoms with E-state index in [-0.39, 0.29) is 18.2 Å². The minimum absolute atomic E-state index is 0. The smallest absolute Gasteiger partial charge is 0.123 e. The van der Waals surface area contributed by atoms with Gasteiger partial charge in [0, 0.05) is 52.7 Å². The van der Waals surface area contributed by atoms with E-state index in [0.29, 0.717) is 13.1 Å². The number of nitrogens with zero attached hydrogens (tertiary/aromatic N) is 3. The minimum atomic E-state index is -0.513. The van der Waals surface area contributed by atoms with Crippen LogP contribution in [0.4, 0.5) is 4.39 Å². The summed E-state index contributed by atoms with van der Waals surface area (Å²) in [6.45, 7) is 2.93. The second kappa shape index (κ2) is 8.79. The van der Waals surface area contributed by atoms with Crippen molar-refractivity contribution in [1.29, 1.82) is 0 Å².